The Bertz CT molecular complexity index is 529. The number of hydrogen-bond acceptors (Lipinski definition) is 7. The van der Waals surface area contributed by atoms with Crippen LogP contribution in [0, 0.1) is 20.2 Å². The summed E-state index contributed by atoms with van der Waals surface area (Å²) >= 11 is 0. The fourth-order valence-corrected chi connectivity index (χ4v) is 1.43. The SMILES string of the molecule is CCCNCCC.O=C([O-])c1ccc([N+](=O)[O-])c([N+](=O)[O-])c1. The van der Waals surface area contributed by atoms with Crippen LogP contribution in [0.5, 0.6) is 0 Å². The first kappa shape index (κ1) is 19.4. The predicted molar refractivity (Wildman–Crippen MR) is 77.5 cm³/mol. The first-order valence-corrected chi connectivity index (χ1v) is 6.70. The maximum absolute atomic E-state index is 10.4. The molecule has 0 aliphatic carbocycles. The molecule has 1 aromatic rings. The Morgan fingerprint density at radius 3 is 1.91 bits per heavy atom. The second-order valence-electron chi connectivity index (χ2n) is 4.26. The van der Waals surface area contributed by atoms with Gasteiger partial charge in [-0.25, -0.2) is 0 Å². The van der Waals surface area contributed by atoms with Gasteiger partial charge in [0.05, 0.1) is 15.8 Å². The highest BCUT2D eigenvalue weighted by Crippen LogP contribution is 2.27. The summed E-state index contributed by atoms with van der Waals surface area (Å²) in [5.74, 6) is -1.63. The molecule has 0 spiro atoms. The van der Waals surface area contributed by atoms with Crippen LogP contribution in [0.1, 0.15) is 37.0 Å². The van der Waals surface area contributed by atoms with Gasteiger partial charge in [0, 0.05) is 17.7 Å². The van der Waals surface area contributed by atoms with Crippen molar-refractivity contribution < 1.29 is 19.7 Å². The van der Waals surface area contributed by atoms with Gasteiger partial charge in [0.1, 0.15) is 0 Å². The van der Waals surface area contributed by atoms with Crippen LogP contribution in [-0.4, -0.2) is 28.9 Å². The van der Waals surface area contributed by atoms with Crippen molar-refractivity contribution >= 4 is 17.3 Å². The van der Waals surface area contributed by atoms with Crippen LogP contribution < -0.4 is 10.4 Å². The van der Waals surface area contributed by atoms with E-state index in [1.54, 1.807) is 0 Å². The molecule has 0 fully saturated rings. The number of carboxylic acids is 1. The summed E-state index contributed by atoms with van der Waals surface area (Å²) in [6.07, 6.45) is 2.50. The van der Waals surface area contributed by atoms with Crippen LogP contribution in [0.25, 0.3) is 0 Å². The summed E-state index contributed by atoms with van der Waals surface area (Å²) in [5.41, 5.74) is -2.11. The van der Waals surface area contributed by atoms with Crippen LogP contribution in [0.15, 0.2) is 18.2 Å². The molecule has 9 heteroatoms. The fraction of sp³-hybridized carbons (Fsp3) is 0.462. The normalized spacial score (nSPS) is 9.55. The largest absolute Gasteiger partial charge is 0.545 e. The minimum absolute atomic E-state index is 0.479. The molecule has 0 radical (unpaired) electrons. The Labute approximate surface area is 127 Å². The van der Waals surface area contributed by atoms with Crippen molar-refractivity contribution in [1.29, 1.82) is 0 Å². The number of nitrogens with one attached hydrogen (secondary N) is 1. The molecule has 0 aliphatic rings. The Kier molecular flexibility index (Phi) is 9.03. The number of carboxylic acid groups (broad SMARTS) is 1. The van der Waals surface area contributed by atoms with Crippen molar-refractivity contribution in [2.45, 2.75) is 26.7 Å². The smallest absolute Gasteiger partial charge is 0.346 e. The maximum atomic E-state index is 10.4. The highest BCUT2D eigenvalue weighted by molar-refractivity contribution is 5.87. The highest BCUT2D eigenvalue weighted by Gasteiger charge is 2.24. The zero-order chi connectivity index (χ0) is 17.1. The average Bonchev–Trinajstić information content (AvgIpc) is 2.47. The van der Waals surface area contributed by atoms with Gasteiger partial charge in [-0.2, -0.15) is 0 Å². The molecule has 1 N–H and O–H groups in total. The number of nitrogens with zero attached hydrogens (tertiary/aromatic N) is 2. The van der Waals surface area contributed by atoms with Crippen molar-refractivity contribution in [1.82, 2.24) is 5.32 Å². The quantitative estimate of drug-likeness (QED) is 0.454. The lowest BCUT2D eigenvalue weighted by atomic mass is 10.2. The lowest BCUT2D eigenvalue weighted by Crippen LogP contribution is -2.22. The van der Waals surface area contributed by atoms with E-state index in [1.807, 2.05) is 0 Å². The predicted octanol–water partition coefficient (Wildman–Crippen LogP) is 1.26. The Hall–Kier alpha value is -2.55. The van der Waals surface area contributed by atoms with Crippen molar-refractivity contribution in [3.8, 4) is 0 Å². The number of hydrogen-bond donors (Lipinski definition) is 1. The van der Waals surface area contributed by atoms with Gasteiger partial charge in [0.25, 0.3) is 0 Å². The summed E-state index contributed by atoms with van der Waals surface area (Å²) < 4.78 is 0. The molecule has 1 rings (SSSR count). The maximum Gasteiger partial charge on any atom is 0.346 e. The van der Waals surface area contributed by atoms with Gasteiger partial charge in [-0.3, -0.25) is 20.2 Å². The van der Waals surface area contributed by atoms with Gasteiger partial charge in [-0.1, -0.05) is 13.8 Å². The fourth-order valence-electron chi connectivity index (χ4n) is 1.43. The third-order valence-corrected chi connectivity index (χ3v) is 2.46. The standard InChI is InChI=1S/C7H4N2O6.C6H15N/c10-7(11)4-1-2-5(8(12)13)6(3-4)9(14)15;1-3-5-7-6-4-2/h1-3H,(H,10,11);7H,3-6H2,1-2H3/p-1. The van der Waals surface area contributed by atoms with Crippen LogP contribution in [0.4, 0.5) is 11.4 Å². The number of nitro benzene ring substituents is 2. The van der Waals surface area contributed by atoms with Gasteiger partial charge < -0.3 is 15.2 Å². The van der Waals surface area contributed by atoms with E-state index in [9.17, 15) is 30.1 Å². The molecule has 0 saturated heterocycles. The molecule has 0 heterocycles. The average molecular weight is 312 g/mol. The van der Waals surface area contributed by atoms with Crippen LogP contribution >= 0.6 is 0 Å². The molecule has 0 amide bonds. The monoisotopic (exact) mass is 312 g/mol. The van der Waals surface area contributed by atoms with E-state index in [2.05, 4.69) is 19.2 Å². The molecule has 22 heavy (non-hydrogen) atoms. The molecule has 0 aliphatic heterocycles. The number of aromatic carboxylic acids is 1. The van der Waals surface area contributed by atoms with E-state index in [-0.39, 0.29) is 0 Å². The summed E-state index contributed by atoms with van der Waals surface area (Å²) in [6.45, 7) is 6.72. The van der Waals surface area contributed by atoms with Crippen molar-refractivity contribution in [3.63, 3.8) is 0 Å². The lowest BCUT2D eigenvalue weighted by molar-refractivity contribution is -0.422. The zero-order valence-electron chi connectivity index (χ0n) is 12.4. The Morgan fingerprint density at radius 1 is 1.05 bits per heavy atom. The number of rotatable bonds is 7. The summed E-state index contributed by atoms with van der Waals surface area (Å²) in [5, 5.41) is 34.4. The number of benzene rings is 1. The third kappa shape index (κ3) is 6.75. The second-order valence-corrected chi connectivity index (χ2v) is 4.26. The van der Waals surface area contributed by atoms with Gasteiger partial charge in [0.15, 0.2) is 0 Å². The molecule has 1 aromatic carbocycles. The van der Waals surface area contributed by atoms with Crippen LogP contribution in [-0.2, 0) is 0 Å². The topological polar surface area (TPSA) is 138 Å². The first-order chi connectivity index (χ1) is 10.3. The van der Waals surface area contributed by atoms with E-state index < -0.39 is 32.8 Å². The second kappa shape index (κ2) is 10.2. The van der Waals surface area contributed by atoms with Crippen molar-refractivity contribution in [2.75, 3.05) is 13.1 Å². The van der Waals surface area contributed by atoms with Gasteiger partial charge in [-0.05, 0) is 32.0 Å². The molecule has 0 bridgehead atoms. The molecule has 9 nitrogen and oxygen atoms in total. The minimum atomic E-state index is -1.63. The summed E-state index contributed by atoms with van der Waals surface area (Å²) in [7, 11) is 0. The van der Waals surface area contributed by atoms with Gasteiger partial charge in [-0.15, -0.1) is 0 Å². The number of nitro groups is 2. The van der Waals surface area contributed by atoms with Gasteiger partial charge in [0.2, 0.25) is 0 Å². The minimum Gasteiger partial charge on any atom is -0.545 e. The van der Waals surface area contributed by atoms with Crippen molar-refractivity contribution in [2.24, 2.45) is 0 Å². The molecular formula is C13H18N3O6-. The molecule has 0 unspecified atom stereocenters. The van der Waals surface area contributed by atoms with E-state index in [4.69, 9.17) is 0 Å². The first-order valence-electron chi connectivity index (χ1n) is 6.70. The number of carbonyl (C=O) groups excluding carboxylic acids is 1. The van der Waals surface area contributed by atoms with E-state index in [0.717, 1.165) is 12.1 Å². The molecule has 0 aromatic heterocycles. The van der Waals surface area contributed by atoms with E-state index in [1.165, 1.54) is 25.9 Å². The van der Waals surface area contributed by atoms with Crippen LogP contribution in [0.2, 0.25) is 0 Å². The van der Waals surface area contributed by atoms with Crippen LogP contribution in [0.3, 0.4) is 0 Å². The van der Waals surface area contributed by atoms with Gasteiger partial charge >= 0.3 is 11.4 Å². The summed E-state index contributed by atoms with van der Waals surface area (Å²) in [6, 6.07) is 2.22. The number of carbonyl (C=O) groups is 1. The molecular weight excluding hydrogens is 294 g/mol. The Morgan fingerprint density at radius 2 is 1.55 bits per heavy atom. The lowest BCUT2D eigenvalue weighted by Gasteiger charge is -2.01. The van der Waals surface area contributed by atoms with E-state index >= 15 is 0 Å². The summed E-state index contributed by atoms with van der Waals surface area (Å²) in [4.78, 5) is 29.1. The third-order valence-electron chi connectivity index (χ3n) is 2.46. The molecule has 0 saturated carbocycles. The zero-order valence-corrected chi connectivity index (χ0v) is 12.4. The molecule has 0 atom stereocenters. The highest BCUT2D eigenvalue weighted by atomic mass is 16.6. The molecule has 122 valence electrons. The van der Waals surface area contributed by atoms with Crippen molar-refractivity contribution in [3.05, 3.63) is 44.0 Å². The van der Waals surface area contributed by atoms with E-state index in [0.29, 0.717) is 6.07 Å². The Balaban J connectivity index is 0.000000534.